The van der Waals surface area contributed by atoms with Gasteiger partial charge in [0.2, 0.25) is 29.5 Å². The summed E-state index contributed by atoms with van der Waals surface area (Å²) in [5, 5.41) is 75.9. The number of nitrogens with one attached hydrogen (secondary N) is 15. The van der Waals surface area contributed by atoms with Crippen LogP contribution in [0.3, 0.4) is 0 Å². The minimum absolute atomic E-state index is 0.0718. The number of phenols is 2. The van der Waals surface area contributed by atoms with Crippen molar-refractivity contribution >= 4 is 118 Å². The summed E-state index contributed by atoms with van der Waals surface area (Å²) in [7, 11) is 1.43. The van der Waals surface area contributed by atoms with E-state index in [2.05, 4.69) is 79.8 Å². The summed E-state index contributed by atoms with van der Waals surface area (Å²) < 4.78 is 0. The number of benzene rings is 2. The Hall–Kier alpha value is -9.02. The summed E-state index contributed by atoms with van der Waals surface area (Å²) in [6.45, 7) is 8.59. The van der Waals surface area contributed by atoms with E-state index in [-0.39, 0.29) is 49.3 Å². The third-order valence-electron chi connectivity index (χ3n) is 13.8. The number of hydrogen-bond acceptors (Lipinski definition) is 27. The second-order valence-corrected chi connectivity index (χ2v) is 25.0. The fourth-order valence-electron chi connectivity index (χ4n) is 8.45. The van der Waals surface area contributed by atoms with Crippen LogP contribution in [-0.2, 0) is 89.6 Å². The van der Waals surface area contributed by atoms with E-state index in [0.717, 1.165) is 31.6 Å². The van der Waals surface area contributed by atoms with E-state index in [1.165, 1.54) is 62.4 Å². The van der Waals surface area contributed by atoms with Crippen molar-refractivity contribution in [3.63, 3.8) is 0 Å². The highest BCUT2D eigenvalue weighted by Crippen LogP contribution is 2.24. The summed E-state index contributed by atoms with van der Waals surface area (Å²) in [6.07, 6.45) is -11.3. The number of nitrogens with two attached hydrogens (primary N) is 1. The largest absolute Gasteiger partial charge is 0.508 e. The zero-order chi connectivity index (χ0) is 71.9. The summed E-state index contributed by atoms with van der Waals surface area (Å²) in [5.41, 5.74) is 6.47. The van der Waals surface area contributed by atoms with Crippen molar-refractivity contribution < 1.29 is 97.1 Å². The average Bonchev–Trinajstić information content (AvgIpc) is 1.02. The minimum Gasteiger partial charge on any atom is -0.508 e. The van der Waals surface area contributed by atoms with Crippen LogP contribution < -0.4 is 85.5 Å². The number of amides is 10. The van der Waals surface area contributed by atoms with Gasteiger partial charge in [0.25, 0.3) is 29.5 Å². The van der Waals surface area contributed by atoms with Crippen LogP contribution in [0.2, 0.25) is 0 Å². The smallest absolute Gasteiger partial charge is 0.325 e. The number of rotatable bonds is 31. The molecule has 0 radical (unpaired) electrons. The molecule has 0 spiro atoms. The van der Waals surface area contributed by atoms with Crippen molar-refractivity contribution in [3.8, 4) is 11.5 Å². The Kier molecular flexibility index (Phi) is 34.7. The summed E-state index contributed by atoms with van der Waals surface area (Å²) in [4.78, 5) is 216. The molecule has 21 N–H and O–H groups in total. The topological polar surface area (TPSA) is 561 Å². The van der Waals surface area contributed by atoms with Gasteiger partial charge in [-0.3, -0.25) is 79.3 Å². The Morgan fingerprint density at radius 1 is 0.573 bits per heavy atom. The highest BCUT2D eigenvalue weighted by molar-refractivity contribution is 8.76. The first-order valence-electron chi connectivity index (χ1n) is 29.9. The third-order valence-corrected chi connectivity index (χ3v) is 16.2. The lowest BCUT2D eigenvalue weighted by molar-refractivity contribution is -0.142. The molecule has 10 amide bonds. The van der Waals surface area contributed by atoms with E-state index in [0.29, 0.717) is 40.8 Å². The molecule has 0 saturated carbocycles. The summed E-state index contributed by atoms with van der Waals surface area (Å²) >= 11 is 0. The number of aliphatic hydroxyl groups is 1. The van der Waals surface area contributed by atoms with Gasteiger partial charge in [0.15, 0.2) is 30.8 Å². The number of aliphatic carboxylic acids is 1. The van der Waals surface area contributed by atoms with Crippen LogP contribution in [0, 0.1) is 5.92 Å². The molecule has 2 aromatic carbocycles. The first-order valence-corrected chi connectivity index (χ1v) is 32.3. The van der Waals surface area contributed by atoms with E-state index in [1.54, 1.807) is 13.8 Å². The standard InChI is InChI=1S/C58H84N16O20S2/c1-27(2)18-35(21-76)64-44(54(89)63-31(6)58(93)94)72-52(87)42-26-96-95-25-41(68-49(84)29(4)61-48(83)28(3)59)51(86)62-30(5)50(85)71-45(65-36(22-77)19-33-8-12-38(81)13-9-33)57(92)73-46(66-37(23-78)20-34-10-14-39(82)15-11-34)56(91)70-43(60-16-17-75)53(88)74-47(55(90)69-42)67-40(24-79)32(7)80/h8-15,17,21-24,27-32,35-37,40-47,60,64-67,80-82H,16,18-20,25-26,59H2,1-7H3,(H,61,83)(H,62,86)(H,63,89)(H,68,84)(H,69,90)(H,70,91)(H,71,85)(H,72,87)(H,73,92)(H,74,88)(H,93,94)/t28?,29?,30?,31?,32-,35+,36+,37+,40-,41?,42?,43?,44?,45?,46?,47?/m1/s1. The Morgan fingerprint density at radius 2 is 1.04 bits per heavy atom. The quantitative estimate of drug-likeness (QED) is 0.0189. The van der Waals surface area contributed by atoms with Crippen LogP contribution in [0.1, 0.15) is 66.0 Å². The van der Waals surface area contributed by atoms with Gasteiger partial charge in [-0.05, 0) is 95.2 Å². The number of carboxylic acids is 1. The molecule has 38 heteroatoms. The van der Waals surface area contributed by atoms with E-state index >= 15 is 0 Å². The fourth-order valence-corrected chi connectivity index (χ4v) is 10.8. The first-order chi connectivity index (χ1) is 45.3. The Morgan fingerprint density at radius 3 is 1.51 bits per heavy atom. The molecule has 1 aliphatic rings. The molecule has 0 aliphatic carbocycles. The van der Waals surface area contributed by atoms with Gasteiger partial charge >= 0.3 is 5.97 Å². The molecule has 2 aromatic rings. The molecule has 11 unspecified atom stereocenters. The zero-order valence-corrected chi connectivity index (χ0v) is 54.9. The van der Waals surface area contributed by atoms with Gasteiger partial charge in [0, 0.05) is 11.5 Å². The van der Waals surface area contributed by atoms with Gasteiger partial charge < -0.3 is 103 Å². The molecule has 36 nitrogen and oxygen atoms in total. The lowest BCUT2D eigenvalue weighted by atomic mass is 10.0. The number of carbonyl (C=O) groups is 16. The van der Waals surface area contributed by atoms with E-state index in [9.17, 15) is 97.1 Å². The Bertz CT molecular complexity index is 3040. The van der Waals surface area contributed by atoms with Gasteiger partial charge in [-0.1, -0.05) is 59.7 Å². The van der Waals surface area contributed by atoms with Crippen molar-refractivity contribution in [2.45, 2.75) is 165 Å². The van der Waals surface area contributed by atoms with Crippen molar-refractivity contribution in [2.24, 2.45) is 11.7 Å². The second kappa shape index (κ2) is 41.1. The van der Waals surface area contributed by atoms with Crippen LogP contribution in [0.15, 0.2) is 48.5 Å². The number of carboxylic acid groups (broad SMARTS) is 1. The number of aromatic hydroxyl groups is 2. The normalized spacial score (nSPS) is 22.4. The van der Waals surface area contributed by atoms with E-state index < -0.39 is 180 Å². The summed E-state index contributed by atoms with van der Waals surface area (Å²) in [6, 6.07) is -4.25. The number of aliphatic hydroxyl groups excluding tert-OH is 1. The van der Waals surface area contributed by atoms with Crippen molar-refractivity contribution in [1.82, 2.24) is 79.8 Å². The zero-order valence-electron chi connectivity index (χ0n) is 53.3. The molecule has 1 aliphatic heterocycles. The predicted octanol–water partition coefficient (Wildman–Crippen LogP) is -7.75. The van der Waals surface area contributed by atoms with Gasteiger partial charge in [0.1, 0.15) is 73.1 Å². The van der Waals surface area contributed by atoms with Crippen LogP contribution in [-0.4, -0.2) is 232 Å². The van der Waals surface area contributed by atoms with Crippen LogP contribution in [0.5, 0.6) is 11.5 Å². The Labute approximate surface area is 558 Å². The van der Waals surface area contributed by atoms with E-state index in [4.69, 9.17) is 5.73 Å². The highest BCUT2D eigenvalue weighted by Gasteiger charge is 2.38. The maximum atomic E-state index is 14.8. The molecular formula is C58H84N16O20S2. The molecule has 96 heavy (non-hydrogen) atoms. The van der Waals surface area contributed by atoms with E-state index in [1.807, 2.05) is 0 Å². The van der Waals surface area contributed by atoms with Gasteiger partial charge in [-0.25, -0.2) is 0 Å². The van der Waals surface area contributed by atoms with Gasteiger partial charge in [0.05, 0.1) is 42.9 Å². The molecule has 1 heterocycles. The number of carbonyl (C=O) groups excluding carboxylic acids is 15. The predicted molar refractivity (Wildman–Crippen MR) is 343 cm³/mol. The van der Waals surface area contributed by atoms with Gasteiger partial charge in [-0.15, -0.1) is 0 Å². The maximum Gasteiger partial charge on any atom is 0.325 e. The van der Waals surface area contributed by atoms with Crippen LogP contribution in [0.25, 0.3) is 0 Å². The average molecular weight is 1390 g/mol. The maximum absolute atomic E-state index is 14.8. The highest BCUT2D eigenvalue weighted by atomic mass is 33.1. The molecule has 1 fully saturated rings. The molecule has 528 valence electrons. The number of hydrogen-bond donors (Lipinski definition) is 20. The molecule has 16 atom stereocenters. The third kappa shape index (κ3) is 28.1. The fraction of sp³-hybridized carbons (Fsp3) is 0.517. The van der Waals surface area contributed by atoms with Crippen molar-refractivity contribution in [2.75, 3.05) is 18.1 Å². The van der Waals surface area contributed by atoms with Crippen molar-refractivity contribution in [1.29, 1.82) is 0 Å². The Balaban J connectivity index is 2.38. The van der Waals surface area contributed by atoms with Crippen LogP contribution >= 0.6 is 21.6 Å². The number of phenolic OH excluding ortho intramolecular Hbond substituents is 2. The molecule has 0 aromatic heterocycles. The minimum atomic E-state index is -2.26. The van der Waals surface area contributed by atoms with Gasteiger partial charge in [-0.2, -0.15) is 0 Å². The second-order valence-electron chi connectivity index (χ2n) is 22.5. The van der Waals surface area contributed by atoms with Crippen LogP contribution in [0.4, 0.5) is 0 Å². The summed E-state index contributed by atoms with van der Waals surface area (Å²) in [5.74, 6) is -15.3. The lowest BCUT2D eigenvalue weighted by Gasteiger charge is -2.30. The molecule has 1 saturated heterocycles. The molecule has 0 bridgehead atoms. The number of aldehydes is 5. The SMILES string of the molecule is CC(C)C[C@@H](C=O)NC(NC(=O)C1CSSCC(NC(=O)C(C)NC(=O)C(C)N)C(=O)NC(C)C(=O)NC(N[C@H](C=O)Cc2ccc(O)cc2)C(=O)NC(N[C@H](C=O)Cc2ccc(O)cc2)C(=O)NC(NCC=O)C(=O)NC(N[C@H](C=O)[C@@H](C)O)C(=O)N1)C(=O)NC(C)C(=O)O. The van der Waals surface area contributed by atoms with Crippen molar-refractivity contribution in [3.05, 3.63) is 59.7 Å². The molecule has 3 rings (SSSR count). The first kappa shape index (κ1) is 81.2. The lowest BCUT2D eigenvalue weighted by Crippen LogP contribution is -2.69. The monoisotopic (exact) mass is 1390 g/mol. The molecular weight excluding hydrogens is 1300 g/mol.